The lowest BCUT2D eigenvalue weighted by Crippen LogP contribution is -2.45. The maximum absolute atomic E-state index is 14.0. The molecule has 158 valence electrons. The van der Waals surface area contributed by atoms with Crippen molar-refractivity contribution < 1.29 is 35.5 Å². The van der Waals surface area contributed by atoms with E-state index < -0.39 is 35.7 Å². The second-order valence-corrected chi connectivity index (χ2v) is 6.58. The summed E-state index contributed by atoms with van der Waals surface area (Å²) in [6.07, 6.45) is -9.58. The Hall–Kier alpha value is -2.33. The summed E-state index contributed by atoms with van der Waals surface area (Å²) >= 11 is 0. The average Bonchev–Trinajstić information content (AvgIpc) is 2.62. The number of piperazine rings is 1. The van der Waals surface area contributed by atoms with Gasteiger partial charge >= 0.3 is 12.5 Å². The number of halogens is 7. The number of hydrogen-bond donors (Lipinski definition) is 1. The largest absolute Gasteiger partial charge is 0.573 e. The Balaban J connectivity index is 2.01. The van der Waals surface area contributed by atoms with Crippen molar-refractivity contribution in [2.24, 2.45) is 0 Å². The van der Waals surface area contributed by atoms with Gasteiger partial charge < -0.3 is 10.1 Å². The summed E-state index contributed by atoms with van der Waals surface area (Å²) in [6, 6.07) is 6.40. The Morgan fingerprint density at radius 3 is 2.03 bits per heavy atom. The second kappa shape index (κ2) is 8.19. The third-order valence-corrected chi connectivity index (χ3v) is 4.51. The van der Waals surface area contributed by atoms with Gasteiger partial charge in [-0.2, -0.15) is 13.2 Å². The van der Waals surface area contributed by atoms with Crippen LogP contribution in [-0.4, -0.2) is 37.4 Å². The van der Waals surface area contributed by atoms with Crippen molar-refractivity contribution in [1.29, 1.82) is 0 Å². The zero-order chi connectivity index (χ0) is 21.2. The molecule has 1 N–H and O–H groups in total. The van der Waals surface area contributed by atoms with Crippen LogP contribution in [0.1, 0.15) is 22.7 Å². The molecule has 0 spiro atoms. The number of alkyl halides is 6. The first-order valence-electron chi connectivity index (χ1n) is 8.71. The molecule has 0 aliphatic carbocycles. The summed E-state index contributed by atoms with van der Waals surface area (Å²) in [5, 5.41) is 3.11. The van der Waals surface area contributed by atoms with E-state index in [4.69, 9.17) is 0 Å². The summed E-state index contributed by atoms with van der Waals surface area (Å²) < 4.78 is 94.4. The minimum absolute atomic E-state index is 0.0729. The smallest absolute Gasteiger partial charge is 0.406 e. The maximum Gasteiger partial charge on any atom is 0.573 e. The van der Waals surface area contributed by atoms with E-state index in [0.29, 0.717) is 37.8 Å². The van der Waals surface area contributed by atoms with E-state index in [1.807, 2.05) is 4.90 Å². The minimum atomic E-state index is -4.86. The van der Waals surface area contributed by atoms with Crippen molar-refractivity contribution in [2.45, 2.75) is 18.6 Å². The van der Waals surface area contributed by atoms with Crippen molar-refractivity contribution in [3.63, 3.8) is 0 Å². The normalized spacial score (nSPS) is 17.2. The summed E-state index contributed by atoms with van der Waals surface area (Å²) in [4.78, 5) is 1.85. The second-order valence-electron chi connectivity index (χ2n) is 6.58. The van der Waals surface area contributed by atoms with Crippen molar-refractivity contribution >= 4 is 0 Å². The van der Waals surface area contributed by atoms with E-state index in [9.17, 15) is 30.7 Å². The zero-order valence-electron chi connectivity index (χ0n) is 14.9. The van der Waals surface area contributed by atoms with E-state index in [2.05, 4.69) is 10.1 Å². The lowest BCUT2D eigenvalue weighted by molar-refractivity contribution is -0.274. The third-order valence-electron chi connectivity index (χ3n) is 4.51. The predicted molar refractivity (Wildman–Crippen MR) is 90.8 cm³/mol. The average molecular weight is 422 g/mol. The van der Waals surface area contributed by atoms with Gasteiger partial charge in [0.2, 0.25) is 0 Å². The predicted octanol–water partition coefficient (Wildman–Crippen LogP) is 4.74. The molecule has 3 nitrogen and oxygen atoms in total. The highest BCUT2D eigenvalue weighted by Gasteiger charge is 2.34. The fourth-order valence-electron chi connectivity index (χ4n) is 3.34. The van der Waals surface area contributed by atoms with Gasteiger partial charge in [0, 0.05) is 26.2 Å². The van der Waals surface area contributed by atoms with Gasteiger partial charge in [-0.05, 0) is 41.5 Å². The third kappa shape index (κ3) is 5.60. The summed E-state index contributed by atoms with van der Waals surface area (Å²) in [6.45, 7) is 2.10. The fourth-order valence-corrected chi connectivity index (χ4v) is 3.34. The van der Waals surface area contributed by atoms with Crippen LogP contribution in [0.5, 0.6) is 5.75 Å². The van der Waals surface area contributed by atoms with Crippen molar-refractivity contribution in [3.05, 3.63) is 65.0 Å². The van der Waals surface area contributed by atoms with Crippen LogP contribution in [0.3, 0.4) is 0 Å². The summed E-state index contributed by atoms with van der Waals surface area (Å²) in [5.41, 5.74) is -0.617. The number of hydrogen-bond acceptors (Lipinski definition) is 3. The molecule has 3 rings (SSSR count). The Morgan fingerprint density at radius 2 is 1.48 bits per heavy atom. The Kier molecular flexibility index (Phi) is 6.04. The highest BCUT2D eigenvalue weighted by molar-refractivity contribution is 5.38. The number of nitrogens with one attached hydrogen (secondary N) is 1. The molecule has 10 heteroatoms. The highest BCUT2D eigenvalue weighted by atomic mass is 19.4. The van der Waals surface area contributed by atoms with Crippen LogP contribution < -0.4 is 10.1 Å². The number of nitrogens with zero attached hydrogens (tertiary/aromatic N) is 1. The molecule has 0 unspecified atom stereocenters. The molecule has 0 aromatic heterocycles. The molecule has 29 heavy (non-hydrogen) atoms. The standard InChI is InChI=1S/C19H17F7N2O/c20-15-10-13(9-14(11-15)18(21,22)23)17(28-7-5-27-6-8-28)12-1-3-16(4-2-12)29-19(24,25)26/h1-4,9-11,17,27H,5-8H2/t17-/m0/s1. The van der Waals surface area contributed by atoms with Crippen LogP contribution in [0.4, 0.5) is 30.7 Å². The van der Waals surface area contributed by atoms with Gasteiger partial charge in [-0.25, -0.2) is 4.39 Å². The van der Waals surface area contributed by atoms with Crippen LogP contribution in [0.15, 0.2) is 42.5 Å². The van der Waals surface area contributed by atoms with Gasteiger partial charge in [0.15, 0.2) is 0 Å². The van der Waals surface area contributed by atoms with Crippen LogP contribution in [-0.2, 0) is 6.18 Å². The molecular formula is C19H17F7N2O. The summed E-state index contributed by atoms with van der Waals surface area (Å²) in [5.74, 6) is -1.48. The van der Waals surface area contributed by atoms with Gasteiger partial charge in [0.25, 0.3) is 0 Å². The fraction of sp³-hybridized carbons (Fsp3) is 0.368. The van der Waals surface area contributed by atoms with Gasteiger partial charge in [-0.3, -0.25) is 4.90 Å². The van der Waals surface area contributed by atoms with Crippen LogP contribution in [0.2, 0.25) is 0 Å². The van der Waals surface area contributed by atoms with Gasteiger partial charge in [0.05, 0.1) is 11.6 Å². The molecule has 1 atom stereocenters. The maximum atomic E-state index is 14.0. The minimum Gasteiger partial charge on any atom is -0.406 e. The molecule has 0 saturated carbocycles. The molecular weight excluding hydrogens is 405 g/mol. The first-order chi connectivity index (χ1) is 13.5. The molecule has 1 aliphatic rings. The molecule has 0 bridgehead atoms. The van der Waals surface area contributed by atoms with Crippen molar-refractivity contribution in [2.75, 3.05) is 26.2 Å². The van der Waals surface area contributed by atoms with Crippen LogP contribution in [0.25, 0.3) is 0 Å². The SMILES string of the molecule is Fc1cc([C@H](c2ccc(OC(F)(F)F)cc2)N2CCNCC2)cc(C(F)(F)F)c1. The van der Waals surface area contributed by atoms with E-state index in [1.165, 1.54) is 12.1 Å². The lowest BCUT2D eigenvalue weighted by atomic mass is 9.94. The van der Waals surface area contributed by atoms with E-state index >= 15 is 0 Å². The Morgan fingerprint density at radius 1 is 0.862 bits per heavy atom. The molecule has 1 fully saturated rings. The van der Waals surface area contributed by atoms with Crippen molar-refractivity contribution in [1.82, 2.24) is 10.2 Å². The Labute approximate surface area is 162 Å². The molecule has 0 amide bonds. The monoisotopic (exact) mass is 422 g/mol. The number of ether oxygens (including phenoxy) is 1. The molecule has 2 aromatic rings. The zero-order valence-corrected chi connectivity index (χ0v) is 14.9. The van der Waals surface area contributed by atoms with E-state index in [0.717, 1.165) is 24.3 Å². The summed E-state index contributed by atoms with van der Waals surface area (Å²) in [7, 11) is 0. The molecule has 1 aliphatic heterocycles. The van der Waals surface area contributed by atoms with Crippen LogP contribution in [0, 0.1) is 5.82 Å². The Bertz CT molecular complexity index is 828. The van der Waals surface area contributed by atoms with E-state index in [1.54, 1.807) is 0 Å². The quantitative estimate of drug-likeness (QED) is 0.721. The molecule has 1 saturated heterocycles. The molecule has 2 aromatic carbocycles. The van der Waals surface area contributed by atoms with Crippen LogP contribution >= 0.6 is 0 Å². The number of benzene rings is 2. The van der Waals surface area contributed by atoms with Gasteiger partial charge in [-0.15, -0.1) is 13.2 Å². The van der Waals surface area contributed by atoms with Crippen molar-refractivity contribution in [3.8, 4) is 5.75 Å². The topological polar surface area (TPSA) is 24.5 Å². The molecule has 0 radical (unpaired) electrons. The van der Waals surface area contributed by atoms with Gasteiger partial charge in [0.1, 0.15) is 11.6 Å². The van der Waals surface area contributed by atoms with Gasteiger partial charge in [-0.1, -0.05) is 12.1 Å². The molecule has 1 heterocycles. The first kappa shape index (κ1) is 21.4. The highest BCUT2D eigenvalue weighted by Crippen LogP contribution is 2.36. The first-order valence-corrected chi connectivity index (χ1v) is 8.71. The number of rotatable bonds is 4. The van der Waals surface area contributed by atoms with E-state index in [-0.39, 0.29) is 5.56 Å². The lowest BCUT2D eigenvalue weighted by Gasteiger charge is -2.36.